The standard InChI is InChI=1S/C12H10F4N4/c1-7-6-20(11(17)19-7)18-5-8-4-9(12(14,15)16)2-3-10(8)13/h2-6H,1H3,(H2,17,19). The number of benzene rings is 1. The highest BCUT2D eigenvalue weighted by molar-refractivity contribution is 5.80. The van der Waals surface area contributed by atoms with Gasteiger partial charge in [0.15, 0.2) is 0 Å². The minimum absolute atomic E-state index is 0.0612. The summed E-state index contributed by atoms with van der Waals surface area (Å²) in [5.41, 5.74) is 4.86. The summed E-state index contributed by atoms with van der Waals surface area (Å²) in [6.07, 6.45) is -2.11. The molecule has 1 heterocycles. The number of aryl methyl sites for hydroxylation is 1. The van der Waals surface area contributed by atoms with Crippen molar-refractivity contribution in [2.24, 2.45) is 5.10 Å². The van der Waals surface area contributed by atoms with Crippen molar-refractivity contribution in [3.63, 3.8) is 0 Å². The Bertz CT molecular complexity index is 658. The highest BCUT2D eigenvalue weighted by atomic mass is 19.4. The van der Waals surface area contributed by atoms with E-state index in [0.29, 0.717) is 17.8 Å². The number of halogens is 4. The van der Waals surface area contributed by atoms with Crippen molar-refractivity contribution in [2.45, 2.75) is 13.1 Å². The SMILES string of the molecule is Cc1cn(N=Cc2cc(C(F)(F)F)ccc2F)c(N)n1. The number of alkyl halides is 3. The maximum Gasteiger partial charge on any atom is 0.416 e. The molecule has 0 bridgehead atoms. The molecule has 0 amide bonds. The Kier molecular flexibility index (Phi) is 3.47. The molecule has 2 aromatic rings. The summed E-state index contributed by atoms with van der Waals surface area (Å²) in [6.45, 7) is 1.67. The van der Waals surface area contributed by atoms with Crippen LogP contribution in [0.4, 0.5) is 23.5 Å². The van der Waals surface area contributed by atoms with E-state index in [2.05, 4.69) is 10.1 Å². The van der Waals surface area contributed by atoms with Crippen molar-refractivity contribution in [1.29, 1.82) is 0 Å². The zero-order valence-electron chi connectivity index (χ0n) is 10.3. The molecule has 0 radical (unpaired) electrons. The average molecular weight is 286 g/mol. The minimum atomic E-state index is -4.54. The first kappa shape index (κ1) is 14.0. The summed E-state index contributed by atoms with van der Waals surface area (Å²) in [5.74, 6) is -0.747. The zero-order valence-corrected chi connectivity index (χ0v) is 10.3. The van der Waals surface area contributed by atoms with Crippen LogP contribution >= 0.6 is 0 Å². The van der Waals surface area contributed by atoms with Crippen LogP contribution in [-0.2, 0) is 6.18 Å². The lowest BCUT2D eigenvalue weighted by Gasteiger charge is -2.07. The third kappa shape index (κ3) is 2.95. The normalized spacial score (nSPS) is 12.2. The van der Waals surface area contributed by atoms with Gasteiger partial charge in [-0.05, 0) is 25.1 Å². The molecule has 0 aliphatic carbocycles. The highest BCUT2D eigenvalue weighted by Crippen LogP contribution is 2.30. The molecular formula is C12H10F4N4. The summed E-state index contributed by atoms with van der Waals surface area (Å²) >= 11 is 0. The van der Waals surface area contributed by atoms with Crippen molar-refractivity contribution < 1.29 is 17.6 Å². The van der Waals surface area contributed by atoms with Gasteiger partial charge in [-0.3, -0.25) is 0 Å². The topological polar surface area (TPSA) is 56.2 Å². The molecule has 0 atom stereocenters. The van der Waals surface area contributed by atoms with E-state index in [1.165, 1.54) is 6.20 Å². The van der Waals surface area contributed by atoms with Crippen LogP contribution in [0.25, 0.3) is 0 Å². The van der Waals surface area contributed by atoms with E-state index in [4.69, 9.17) is 5.73 Å². The average Bonchev–Trinajstić information content (AvgIpc) is 2.65. The predicted octanol–water partition coefficient (Wildman–Crippen LogP) is 2.81. The van der Waals surface area contributed by atoms with Gasteiger partial charge in [0.25, 0.3) is 0 Å². The van der Waals surface area contributed by atoms with Crippen LogP contribution in [0.1, 0.15) is 16.8 Å². The fraction of sp³-hybridized carbons (Fsp3) is 0.167. The van der Waals surface area contributed by atoms with Gasteiger partial charge in [-0.25, -0.2) is 14.1 Å². The minimum Gasteiger partial charge on any atom is -0.368 e. The molecule has 1 aromatic carbocycles. The van der Waals surface area contributed by atoms with E-state index in [1.54, 1.807) is 6.92 Å². The van der Waals surface area contributed by atoms with Crippen molar-refractivity contribution in [1.82, 2.24) is 9.66 Å². The van der Waals surface area contributed by atoms with Crippen LogP contribution in [0.3, 0.4) is 0 Å². The van der Waals surface area contributed by atoms with E-state index in [0.717, 1.165) is 17.0 Å². The first-order chi connectivity index (χ1) is 9.27. The van der Waals surface area contributed by atoms with Crippen LogP contribution < -0.4 is 5.73 Å². The van der Waals surface area contributed by atoms with Crippen LogP contribution in [0.2, 0.25) is 0 Å². The Hall–Kier alpha value is -2.38. The molecule has 0 aliphatic heterocycles. The summed E-state index contributed by atoms with van der Waals surface area (Å²) in [4.78, 5) is 3.86. The van der Waals surface area contributed by atoms with Gasteiger partial charge in [0.1, 0.15) is 5.82 Å². The first-order valence-electron chi connectivity index (χ1n) is 5.50. The number of aromatic nitrogens is 2. The summed E-state index contributed by atoms with van der Waals surface area (Å²) in [5, 5.41) is 3.78. The summed E-state index contributed by atoms with van der Waals surface area (Å²) in [6, 6.07) is 2.09. The molecule has 2 rings (SSSR count). The van der Waals surface area contributed by atoms with Gasteiger partial charge in [-0.1, -0.05) is 0 Å². The number of nitrogens with two attached hydrogens (primary N) is 1. The van der Waals surface area contributed by atoms with Gasteiger partial charge < -0.3 is 5.73 Å². The molecular weight excluding hydrogens is 276 g/mol. The maximum absolute atomic E-state index is 13.5. The summed E-state index contributed by atoms with van der Waals surface area (Å²) in [7, 11) is 0. The Labute approximate surface area is 111 Å². The molecule has 0 saturated carbocycles. The molecule has 0 aliphatic rings. The molecule has 20 heavy (non-hydrogen) atoms. The number of nitrogens with zero attached hydrogens (tertiary/aromatic N) is 3. The van der Waals surface area contributed by atoms with Crippen molar-refractivity contribution in [3.8, 4) is 0 Å². The van der Waals surface area contributed by atoms with E-state index in [9.17, 15) is 17.6 Å². The molecule has 0 unspecified atom stereocenters. The van der Waals surface area contributed by atoms with Crippen molar-refractivity contribution in [2.75, 3.05) is 5.73 Å². The van der Waals surface area contributed by atoms with Crippen LogP contribution in [0.5, 0.6) is 0 Å². The third-order valence-electron chi connectivity index (χ3n) is 2.48. The Morgan fingerprint density at radius 2 is 2.05 bits per heavy atom. The third-order valence-corrected chi connectivity index (χ3v) is 2.48. The highest BCUT2D eigenvalue weighted by Gasteiger charge is 2.30. The second kappa shape index (κ2) is 4.95. The second-order valence-corrected chi connectivity index (χ2v) is 4.06. The predicted molar refractivity (Wildman–Crippen MR) is 65.8 cm³/mol. The molecule has 106 valence electrons. The van der Waals surface area contributed by atoms with Crippen molar-refractivity contribution in [3.05, 3.63) is 47.0 Å². The van der Waals surface area contributed by atoms with Gasteiger partial charge in [-0.15, -0.1) is 0 Å². The Morgan fingerprint density at radius 3 is 2.60 bits per heavy atom. The monoisotopic (exact) mass is 286 g/mol. The van der Waals surface area contributed by atoms with Gasteiger partial charge in [0.2, 0.25) is 5.95 Å². The smallest absolute Gasteiger partial charge is 0.368 e. The van der Waals surface area contributed by atoms with Crippen LogP contribution in [-0.4, -0.2) is 15.9 Å². The number of hydrogen-bond donors (Lipinski definition) is 1. The van der Waals surface area contributed by atoms with Crippen molar-refractivity contribution >= 4 is 12.2 Å². The number of imidazole rings is 1. The van der Waals surface area contributed by atoms with Gasteiger partial charge in [0, 0.05) is 5.56 Å². The Morgan fingerprint density at radius 1 is 1.35 bits per heavy atom. The summed E-state index contributed by atoms with van der Waals surface area (Å²) < 4.78 is 52.2. The fourth-order valence-corrected chi connectivity index (χ4v) is 1.54. The van der Waals surface area contributed by atoms with Gasteiger partial charge in [0.05, 0.1) is 23.7 Å². The van der Waals surface area contributed by atoms with Gasteiger partial charge in [-0.2, -0.15) is 18.3 Å². The lowest BCUT2D eigenvalue weighted by atomic mass is 10.1. The largest absolute Gasteiger partial charge is 0.416 e. The number of nitrogen functional groups attached to an aromatic ring is 1. The fourth-order valence-electron chi connectivity index (χ4n) is 1.54. The zero-order chi connectivity index (χ0) is 14.9. The molecule has 0 saturated heterocycles. The number of anilines is 1. The lowest BCUT2D eigenvalue weighted by molar-refractivity contribution is -0.137. The second-order valence-electron chi connectivity index (χ2n) is 4.06. The lowest BCUT2D eigenvalue weighted by Crippen LogP contribution is -2.06. The number of rotatable bonds is 2. The van der Waals surface area contributed by atoms with E-state index < -0.39 is 17.6 Å². The molecule has 0 fully saturated rings. The van der Waals surface area contributed by atoms with Gasteiger partial charge >= 0.3 is 6.18 Å². The van der Waals surface area contributed by atoms with Crippen LogP contribution in [0, 0.1) is 12.7 Å². The van der Waals surface area contributed by atoms with E-state index in [-0.39, 0.29) is 11.5 Å². The molecule has 1 aromatic heterocycles. The number of hydrogen-bond acceptors (Lipinski definition) is 3. The first-order valence-corrected chi connectivity index (χ1v) is 5.50. The molecule has 4 nitrogen and oxygen atoms in total. The molecule has 2 N–H and O–H groups in total. The maximum atomic E-state index is 13.5. The molecule has 8 heteroatoms. The Balaban J connectivity index is 2.36. The van der Waals surface area contributed by atoms with E-state index >= 15 is 0 Å². The van der Waals surface area contributed by atoms with E-state index in [1.807, 2.05) is 0 Å². The quantitative estimate of drug-likeness (QED) is 0.681. The molecule has 0 spiro atoms. The van der Waals surface area contributed by atoms with Crippen LogP contribution in [0.15, 0.2) is 29.5 Å².